The molecule has 1 amide bonds. The van der Waals surface area contributed by atoms with Crippen LogP contribution in [0.4, 0.5) is 4.79 Å². The molecule has 1 fully saturated rings. The Labute approximate surface area is 175 Å². The molecule has 0 spiro atoms. The van der Waals surface area contributed by atoms with E-state index in [0.29, 0.717) is 29.8 Å². The Morgan fingerprint density at radius 3 is 2.52 bits per heavy atom. The summed E-state index contributed by atoms with van der Waals surface area (Å²) >= 11 is 6.35. The van der Waals surface area contributed by atoms with E-state index in [0.717, 1.165) is 12.8 Å². The first kappa shape index (κ1) is 22.9. The maximum Gasteiger partial charge on any atom is 0.413 e. The predicted molar refractivity (Wildman–Crippen MR) is 106 cm³/mol. The molecular weight excluding hydrogens is 398 g/mol. The fraction of sp³-hybridized carbons (Fsp3) is 0.524. The molecule has 1 aromatic carbocycles. The molecule has 0 radical (unpaired) electrons. The van der Waals surface area contributed by atoms with Gasteiger partial charge in [0.2, 0.25) is 6.79 Å². The van der Waals surface area contributed by atoms with Crippen molar-refractivity contribution < 1.29 is 28.7 Å². The number of carbonyl (C=O) groups excluding carboxylic acids is 4. The molecule has 158 valence electrons. The van der Waals surface area contributed by atoms with Gasteiger partial charge in [-0.1, -0.05) is 36.7 Å². The largest absolute Gasteiger partial charge is 0.428 e. The van der Waals surface area contributed by atoms with Crippen LogP contribution in [0.1, 0.15) is 57.4 Å². The molecule has 2 rings (SSSR count). The topological polar surface area (TPSA) is 90.0 Å². The van der Waals surface area contributed by atoms with E-state index in [9.17, 15) is 19.2 Å². The van der Waals surface area contributed by atoms with Crippen LogP contribution in [-0.2, 0) is 29.4 Å². The van der Waals surface area contributed by atoms with Crippen molar-refractivity contribution in [3.05, 3.63) is 34.9 Å². The predicted octanol–water partition coefficient (Wildman–Crippen LogP) is 4.01. The number of esters is 1. The van der Waals surface area contributed by atoms with Crippen molar-refractivity contribution in [3.63, 3.8) is 0 Å². The van der Waals surface area contributed by atoms with Crippen molar-refractivity contribution in [2.75, 3.05) is 13.8 Å². The first-order valence-corrected chi connectivity index (χ1v) is 10.1. The highest BCUT2D eigenvalue weighted by molar-refractivity contribution is 6.31. The maximum absolute atomic E-state index is 12.9. The van der Waals surface area contributed by atoms with Crippen LogP contribution in [0.2, 0.25) is 5.02 Å². The SMILES string of the molecule is CCC(=O)CCC(=O)OCOC(=O)N(C)[C@]1(c2ccccc2Cl)CCCCC1=O. The second-order valence-corrected chi connectivity index (χ2v) is 7.37. The zero-order chi connectivity index (χ0) is 21.4. The van der Waals surface area contributed by atoms with Crippen LogP contribution in [0.15, 0.2) is 24.3 Å². The minimum atomic E-state index is -1.22. The number of rotatable bonds is 8. The van der Waals surface area contributed by atoms with Gasteiger partial charge >= 0.3 is 12.1 Å². The molecule has 0 heterocycles. The van der Waals surface area contributed by atoms with E-state index < -0.39 is 24.4 Å². The molecule has 0 saturated heterocycles. The van der Waals surface area contributed by atoms with E-state index in [4.69, 9.17) is 21.1 Å². The van der Waals surface area contributed by atoms with Crippen molar-refractivity contribution in [1.82, 2.24) is 4.90 Å². The third-order valence-electron chi connectivity index (χ3n) is 5.22. The Balaban J connectivity index is 2.06. The van der Waals surface area contributed by atoms with Gasteiger partial charge in [0.05, 0.1) is 6.42 Å². The molecule has 0 aromatic heterocycles. The number of halogens is 1. The molecule has 29 heavy (non-hydrogen) atoms. The summed E-state index contributed by atoms with van der Waals surface area (Å²) in [5.74, 6) is -0.778. The summed E-state index contributed by atoms with van der Waals surface area (Å²) in [5.41, 5.74) is -0.661. The highest BCUT2D eigenvalue weighted by atomic mass is 35.5. The Kier molecular flexibility index (Phi) is 8.20. The molecule has 0 unspecified atom stereocenters. The first-order valence-electron chi connectivity index (χ1n) is 9.69. The number of nitrogens with zero attached hydrogens (tertiary/aromatic N) is 1. The van der Waals surface area contributed by atoms with E-state index in [2.05, 4.69) is 0 Å². The lowest BCUT2D eigenvalue weighted by Gasteiger charge is -2.43. The Morgan fingerprint density at radius 2 is 1.86 bits per heavy atom. The van der Waals surface area contributed by atoms with Crippen LogP contribution in [-0.4, -0.2) is 42.4 Å². The van der Waals surface area contributed by atoms with E-state index in [-0.39, 0.29) is 24.4 Å². The number of benzene rings is 1. The van der Waals surface area contributed by atoms with Crippen molar-refractivity contribution in [2.24, 2.45) is 0 Å². The summed E-state index contributed by atoms with van der Waals surface area (Å²) in [6.07, 6.45) is 1.86. The van der Waals surface area contributed by atoms with Gasteiger partial charge in [0.15, 0.2) is 5.78 Å². The van der Waals surface area contributed by atoms with Crippen molar-refractivity contribution in [3.8, 4) is 0 Å². The van der Waals surface area contributed by atoms with Gasteiger partial charge in [-0.25, -0.2) is 4.79 Å². The number of ether oxygens (including phenoxy) is 2. The summed E-state index contributed by atoms with van der Waals surface area (Å²) in [7, 11) is 1.48. The molecule has 1 aliphatic rings. The lowest BCUT2D eigenvalue weighted by atomic mass is 9.74. The molecule has 1 saturated carbocycles. The van der Waals surface area contributed by atoms with E-state index in [1.807, 2.05) is 0 Å². The molecule has 0 aliphatic heterocycles. The van der Waals surface area contributed by atoms with Crippen LogP contribution in [0, 0.1) is 0 Å². The molecule has 0 N–H and O–H groups in total. The summed E-state index contributed by atoms with van der Waals surface area (Å²) in [5, 5.41) is 0.398. The van der Waals surface area contributed by atoms with Crippen LogP contribution >= 0.6 is 11.6 Å². The minimum absolute atomic E-state index is 0.0452. The zero-order valence-corrected chi connectivity index (χ0v) is 17.5. The van der Waals surface area contributed by atoms with Crippen molar-refractivity contribution in [2.45, 2.75) is 57.4 Å². The third-order valence-corrected chi connectivity index (χ3v) is 5.55. The summed E-state index contributed by atoms with van der Waals surface area (Å²) < 4.78 is 9.92. The quantitative estimate of drug-likeness (QED) is 0.463. The highest BCUT2D eigenvalue weighted by Crippen LogP contribution is 2.42. The fourth-order valence-corrected chi connectivity index (χ4v) is 3.81. The highest BCUT2D eigenvalue weighted by Gasteiger charge is 2.48. The first-order chi connectivity index (χ1) is 13.8. The number of likely N-dealkylation sites (N-methyl/N-ethyl adjacent to an activating group) is 1. The Hall–Kier alpha value is -2.41. The standard InChI is InChI=1S/C21H26ClNO6/c1-3-15(24)11-12-19(26)28-14-29-20(27)23(2)21(13-7-6-10-18(21)25)16-8-4-5-9-17(16)22/h4-5,8-9H,3,6-7,10-14H2,1-2H3/t21-/m0/s1. The number of Topliss-reactive ketones (excluding diaryl/α,β-unsaturated/α-hetero) is 2. The van der Waals surface area contributed by atoms with Gasteiger partial charge in [0.25, 0.3) is 0 Å². The van der Waals surface area contributed by atoms with Crippen molar-refractivity contribution >= 4 is 35.2 Å². The normalized spacial score (nSPS) is 18.8. The molecule has 8 heteroatoms. The van der Waals surface area contributed by atoms with Gasteiger partial charge in [-0.15, -0.1) is 0 Å². The lowest BCUT2D eigenvalue weighted by molar-refractivity contribution is -0.154. The van der Waals surface area contributed by atoms with Crippen LogP contribution in [0.5, 0.6) is 0 Å². The van der Waals surface area contributed by atoms with Gasteiger partial charge in [-0.2, -0.15) is 0 Å². The number of hydrogen-bond acceptors (Lipinski definition) is 6. The molecular formula is C21H26ClNO6. The number of amides is 1. The van der Waals surface area contributed by atoms with Crippen LogP contribution in [0.3, 0.4) is 0 Å². The Morgan fingerprint density at radius 1 is 1.14 bits per heavy atom. The third kappa shape index (κ3) is 5.35. The zero-order valence-electron chi connectivity index (χ0n) is 16.7. The monoisotopic (exact) mass is 423 g/mol. The molecule has 1 aromatic rings. The maximum atomic E-state index is 12.9. The van der Waals surface area contributed by atoms with Crippen LogP contribution < -0.4 is 0 Å². The van der Waals surface area contributed by atoms with Gasteiger partial charge in [0.1, 0.15) is 11.3 Å². The molecule has 1 atom stereocenters. The van der Waals surface area contributed by atoms with Gasteiger partial charge in [-0.05, 0) is 25.3 Å². The fourth-order valence-electron chi connectivity index (χ4n) is 3.52. The number of carbonyl (C=O) groups is 4. The van der Waals surface area contributed by atoms with Gasteiger partial charge in [0, 0.05) is 36.9 Å². The van der Waals surface area contributed by atoms with Crippen molar-refractivity contribution in [1.29, 1.82) is 0 Å². The van der Waals surface area contributed by atoms with E-state index >= 15 is 0 Å². The Bertz CT molecular complexity index is 780. The van der Waals surface area contributed by atoms with Crippen LogP contribution in [0.25, 0.3) is 0 Å². The summed E-state index contributed by atoms with van der Waals surface area (Å²) in [4.78, 5) is 49.7. The van der Waals surface area contributed by atoms with Gasteiger partial charge in [-0.3, -0.25) is 19.3 Å². The molecule has 0 bridgehead atoms. The summed E-state index contributed by atoms with van der Waals surface area (Å²) in [6.45, 7) is 1.13. The smallest absolute Gasteiger partial charge is 0.413 e. The average Bonchev–Trinajstić information content (AvgIpc) is 2.72. The van der Waals surface area contributed by atoms with E-state index in [1.54, 1.807) is 31.2 Å². The van der Waals surface area contributed by atoms with E-state index in [1.165, 1.54) is 11.9 Å². The minimum Gasteiger partial charge on any atom is -0.428 e. The van der Waals surface area contributed by atoms with Gasteiger partial charge < -0.3 is 9.47 Å². The molecule has 7 nitrogen and oxygen atoms in total. The second-order valence-electron chi connectivity index (χ2n) is 6.97. The number of hydrogen-bond donors (Lipinski definition) is 0. The lowest BCUT2D eigenvalue weighted by Crippen LogP contribution is -2.54. The number of ketones is 2. The second kappa shape index (κ2) is 10.4. The molecule has 1 aliphatic carbocycles. The summed E-state index contributed by atoms with van der Waals surface area (Å²) in [6, 6.07) is 6.94. The average molecular weight is 424 g/mol.